The Morgan fingerprint density at radius 1 is 1.13 bits per heavy atom. The highest BCUT2D eigenvalue weighted by molar-refractivity contribution is 7.99. The molecular weight excluding hydrogens is 392 g/mol. The van der Waals surface area contributed by atoms with E-state index in [0.29, 0.717) is 17.7 Å². The maximum atomic E-state index is 12.7. The van der Waals surface area contributed by atoms with E-state index in [-0.39, 0.29) is 5.78 Å². The second-order valence-electron chi connectivity index (χ2n) is 8.14. The fourth-order valence-electron chi connectivity index (χ4n) is 3.74. The fourth-order valence-corrected chi connectivity index (χ4v) is 4.64. The maximum Gasteiger partial charge on any atom is 0.192 e. The third-order valence-corrected chi connectivity index (χ3v) is 6.58. The summed E-state index contributed by atoms with van der Waals surface area (Å²) in [5, 5.41) is 10.9. The van der Waals surface area contributed by atoms with E-state index >= 15 is 0 Å². The maximum absolute atomic E-state index is 12.7. The minimum atomic E-state index is 0.120. The third-order valence-electron chi connectivity index (χ3n) is 5.64. The van der Waals surface area contributed by atoms with Gasteiger partial charge in [0.05, 0.1) is 5.75 Å². The molecule has 0 radical (unpaired) electrons. The van der Waals surface area contributed by atoms with Crippen LogP contribution in [0.4, 0.5) is 0 Å². The number of thioether (sulfide) groups is 1. The van der Waals surface area contributed by atoms with Crippen molar-refractivity contribution in [3.05, 3.63) is 65.9 Å². The van der Waals surface area contributed by atoms with Gasteiger partial charge in [0.1, 0.15) is 0 Å². The molecule has 152 valence electrons. The second-order valence-corrected chi connectivity index (χ2v) is 9.09. The van der Waals surface area contributed by atoms with Crippen molar-refractivity contribution in [2.24, 2.45) is 0 Å². The summed E-state index contributed by atoms with van der Waals surface area (Å²) in [4.78, 5) is 16.0. The highest BCUT2D eigenvalue weighted by Gasteiger charge is 2.31. The number of carbonyl (C=O) groups excluding carboxylic acids is 1. The molecule has 0 aliphatic heterocycles. The molecular formula is C24H24N4OS. The van der Waals surface area contributed by atoms with Crippen molar-refractivity contribution < 1.29 is 4.79 Å². The molecule has 1 N–H and O–H groups in total. The van der Waals surface area contributed by atoms with Gasteiger partial charge >= 0.3 is 0 Å². The van der Waals surface area contributed by atoms with Crippen molar-refractivity contribution in [1.82, 2.24) is 19.7 Å². The van der Waals surface area contributed by atoms with E-state index in [2.05, 4.69) is 45.7 Å². The number of H-pyrrole nitrogens is 1. The van der Waals surface area contributed by atoms with Crippen LogP contribution in [-0.4, -0.2) is 31.3 Å². The summed E-state index contributed by atoms with van der Waals surface area (Å²) in [6.45, 7) is 4.31. The van der Waals surface area contributed by atoms with Gasteiger partial charge in [-0.05, 0) is 30.4 Å². The summed E-state index contributed by atoms with van der Waals surface area (Å²) >= 11 is 1.48. The highest BCUT2D eigenvalue weighted by Crippen LogP contribution is 2.42. The number of carbonyl (C=O) groups is 1. The molecule has 1 aliphatic carbocycles. The fraction of sp³-hybridized carbons (Fsp3) is 0.292. The van der Waals surface area contributed by atoms with E-state index in [9.17, 15) is 4.79 Å². The summed E-state index contributed by atoms with van der Waals surface area (Å²) in [6, 6.07) is 16.6. The molecule has 5 rings (SSSR count). The van der Waals surface area contributed by atoms with E-state index in [4.69, 9.17) is 0 Å². The summed E-state index contributed by atoms with van der Waals surface area (Å²) in [5.74, 6) is 1.82. The van der Waals surface area contributed by atoms with E-state index in [1.54, 1.807) is 0 Å². The molecule has 1 aliphatic rings. The number of benzene rings is 2. The van der Waals surface area contributed by atoms with E-state index in [1.807, 2.05) is 42.6 Å². The van der Waals surface area contributed by atoms with Crippen LogP contribution in [-0.2, 0) is 0 Å². The Kier molecular flexibility index (Phi) is 4.95. The molecule has 0 atom stereocenters. The molecule has 1 saturated carbocycles. The first kappa shape index (κ1) is 19.1. The molecule has 4 aromatic rings. The highest BCUT2D eigenvalue weighted by atomic mass is 32.2. The summed E-state index contributed by atoms with van der Waals surface area (Å²) in [6.07, 6.45) is 4.26. The predicted octanol–water partition coefficient (Wildman–Crippen LogP) is 5.86. The normalized spacial score (nSPS) is 14.0. The molecule has 1 fully saturated rings. The lowest BCUT2D eigenvalue weighted by Crippen LogP contribution is -2.05. The van der Waals surface area contributed by atoms with E-state index in [1.165, 1.54) is 17.3 Å². The van der Waals surface area contributed by atoms with Crippen LogP contribution in [0.2, 0.25) is 0 Å². The molecule has 0 unspecified atom stereocenters. The number of rotatable bonds is 7. The lowest BCUT2D eigenvalue weighted by atomic mass is 10.0. The number of hydrogen-bond donors (Lipinski definition) is 1. The Hall–Kier alpha value is -2.86. The number of Topliss-reactive ketones (excluding diaryl/α,β-unsaturated/α-hetero) is 1. The van der Waals surface area contributed by atoms with Crippen molar-refractivity contribution in [3.8, 4) is 11.4 Å². The Labute approximate surface area is 179 Å². The van der Waals surface area contributed by atoms with Crippen LogP contribution in [0.15, 0.2) is 59.9 Å². The zero-order valence-corrected chi connectivity index (χ0v) is 17.9. The molecule has 2 aromatic heterocycles. The van der Waals surface area contributed by atoms with Gasteiger partial charge in [-0.1, -0.05) is 68.1 Å². The van der Waals surface area contributed by atoms with Crippen molar-refractivity contribution >= 4 is 28.4 Å². The predicted molar refractivity (Wildman–Crippen MR) is 121 cm³/mol. The number of aromatic amines is 1. The van der Waals surface area contributed by atoms with Gasteiger partial charge in [-0.2, -0.15) is 0 Å². The minimum absolute atomic E-state index is 0.120. The minimum Gasteiger partial charge on any atom is -0.360 e. The molecule has 6 heteroatoms. The number of nitrogens with zero attached hydrogens (tertiary/aromatic N) is 3. The molecule has 0 spiro atoms. The number of para-hydroxylation sites is 1. The molecule has 5 nitrogen and oxygen atoms in total. The molecule has 0 amide bonds. The van der Waals surface area contributed by atoms with Gasteiger partial charge in [-0.3, -0.25) is 9.36 Å². The number of nitrogens with one attached hydrogen (secondary N) is 1. The topological polar surface area (TPSA) is 63.6 Å². The molecule has 2 aromatic carbocycles. The van der Waals surface area contributed by atoms with Crippen molar-refractivity contribution in [2.45, 2.75) is 43.8 Å². The van der Waals surface area contributed by atoms with Gasteiger partial charge in [-0.15, -0.1) is 10.2 Å². The largest absolute Gasteiger partial charge is 0.360 e. The van der Waals surface area contributed by atoms with Gasteiger partial charge in [0.2, 0.25) is 0 Å². The average molecular weight is 417 g/mol. The van der Waals surface area contributed by atoms with E-state index < -0.39 is 0 Å². The number of ketones is 1. The number of fused-ring (bicyclic) bond motifs is 1. The first-order chi connectivity index (χ1) is 14.6. The lowest BCUT2D eigenvalue weighted by Gasteiger charge is -2.09. The van der Waals surface area contributed by atoms with Gasteiger partial charge in [0.15, 0.2) is 16.8 Å². The molecule has 30 heavy (non-hydrogen) atoms. The summed E-state index contributed by atoms with van der Waals surface area (Å²) in [7, 11) is 0. The van der Waals surface area contributed by atoms with Crippen LogP contribution in [0.3, 0.4) is 0 Å². The van der Waals surface area contributed by atoms with Crippen molar-refractivity contribution in [3.63, 3.8) is 0 Å². The second kappa shape index (κ2) is 7.76. The SMILES string of the molecule is CC(C)c1ccc(C(=O)CSc2nnc(-c3c[nH]c4ccccc34)n2C2CC2)cc1. The molecule has 2 heterocycles. The van der Waals surface area contributed by atoms with Gasteiger partial charge in [-0.25, -0.2) is 0 Å². The standard InChI is InChI=1S/C24H24N4OS/c1-15(2)16-7-9-17(10-8-16)22(29)14-30-24-27-26-23(28(24)18-11-12-18)20-13-25-21-6-4-3-5-19(20)21/h3-10,13,15,18,25H,11-12,14H2,1-2H3. The van der Waals surface area contributed by atoms with Crippen LogP contribution in [0.5, 0.6) is 0 Å². The zero-order valence-electron chi connectivity index (χ0n) is 17.1. The summed E-state index contributed by atoms with van der Waals surface area (Å²) in [5.41, 5.74) is 4.15. The van der Waals surface area contributed by atoms with Crippen molar-refractivity contribution in [2.75, 3.05) is 5.75 Å². The summed E-state index contributed by atoms with van der Waals surface area (Å²) < 4.78 is 2.22. The van der Waals surface area contributed by atoms with Crippen LogP contribution < -0.4 is 0 Å². The quantitative estimate of drug-likeness (QED) is 0.303. The lowest BCUT2D eigenvalue weighted by molar-refractivity contribution is 0.102. The Morgan fingerprint density at radius 3 is 2.63 bits per heavy atom. The smallest absolute Gasteiger partial charge is 0.192 e. The average Bonchev–Trinajstić information content (AvgIpc) is 3.38. The molecule has 0 saturated heterocycles. The Balaban J connectivity index is 1.38. The Morgan fingerprint density at radius 2 is 1.90 bits per heavy atom. The number of hydrogen-bond acceptors (Lipinski definition) is 4. The first-order valence-corrected chi connectivity index (χ1v) is 11.4. The van der Waals surface area contributed by atoms with Crippen LogP contribution in [0.25, 0.3) is 22.3 Å². The van der Waals surface area contributed by atoms with Gasteiger partial charge < -0.3 is 4.98 Å². The van der Waals surface area contributed by atoms with Crippen LogP contribution in [0.1, 0.15) is 54.6 Å². The third kappa shape index (κ3) is 3.56. The number of aromatic nitrogens is 4. The van der Waals surface area contributed by atoms with Gasteiger partial charge in [0.25, 0.3) is 0 Å². The monoisotopic (exact) mass is 416 g/mol. The van der Waals surface area contributed by atoms with Gasteiger partial charge in [0, 0.05) is 34.3 Å². The van der Waals surface area contributed by atoms with Crippen LogP contribution >= 0.6 is 11.8 Å². The van der Waals surface area contributed by atoms with Crippen LogP contribution in [0, 0.1) is 0 Å². The van der Waals surface area contributed by atoms with Crippen molar-refractivity contribution in [1.29, 1.82) is 0 Å². The van der Waals surface area contributed by atoms with E-state index in [0.717, 1.165) is 45.9 Å². The Bertz CT molecular complexity index is 1200. The first-order valence-electron chi connectivity index (χ1n) is 10.4. The molecule has 0 bridgehead atoms. The zero-order chi connectivity index (χ0) is 20.7.